The first-order chi connectivity index (χ1) is 10.6. The summed E-state index contributed by atoms with van der Waals surface area (Å²) < 4.78 is 12.8. The minimum Gasteiger partial charge on any atom is -0.393 e. The number of piperidine rings is 1. The second kappa shape index (κ2) is 9.23. The Bertz CT molecular complexity index is 416. The molecule has 1 aliphatic rings. The van der Waals surface area contributed by atoms with Crippen LogP contribution in [-0.2, 0) is 6.42 Å². The summed E-state index contributed by atoms with van der Waals surface area (Å²) in [6.07, 6.45) is 4.96. The molecule has 1 aliphatic heterocycles. The van der Waals surface area contributed by atoms with Gasteiger partial charge in [0.1, 0.15) is 5.82 Å². The predicted octanol–water partition coefficient (Wildman–Crippen LogP) is 2.58. The summed E-state index contributed by atoms with van der Waals surface area (Å²) >= 11 is 0. The third kappa shape index (κ3) is 6.42. The predicted molar refractivity (Wildman–Crippen MR) is 88.5 cm³/mol. The number of aliphatic hydroxyl groups excluding tert-OH is 1. The van der Waals surface area contributed by atoms with Gasteiger partial charge in [-0.05, 0) is 69.8 Å². The molecule has 1 saturated heterocycles. The zero-order chi connectivity index (χ0) is 15.8. The number of nitrogens with one attached hydrogen (secondary N) is 1. The third-order valence-electron chi connectivity index (χ3n) is 4.48. The SMILES string of the molecule is CC(CCc1ccc(F)cc1)NCCCN1CCC(O)CC1. The number of hydrogen-bond acceptors (Lipinski definition) is 3. The van der Waals surface area contributed by atoms with E-state index in [1.54, 1.807) is 0 Å². The van der Waals surface area contributed by atoms with Crippen LogP contribution in [0.25, 0.3) is 0 Å². The van der Waals surface area contributed by atoms with Crippen molar-refractivity contribution in [1.82, 2.24) is 10.2 Å². The van der Waals surface area contributed by atoms with Crippen molar-refractivity contribution in [3.8, 4) is 0 Å². The Balaban J connectivity index is 1.52. The average molecular weight is 308 g/mol. The minimum atomic E-state index is -0.167. The summed E-state index contributed by atoms with van der Waals surface area (Å²) in [5, 5.41) is 13.0. The van der Waals surface area contributed by atoms with Crippen LogP contribution in [0.4, 0.5) is 4.39 Å². The second-order valence-corrected chi connectivity index (χ2v) is 6.45. The topological polar surface area (TPSA) is 35.5 Å². The molecular weight excluding hydrogens is 279 g/mol. The number of rotatable bonds is 8. The Morgan fingerprint density at radius 3 is 2.64 bits per heavy atom. The highest BCUT2D eigenvalue weighted by Crippen LogP contribution is 2.10. The van der Waals surface area contributed by atoms with Crippen molar-refractivity contribution in [2.45, 2.75) is 51.2 Å². The third-order valence-corrected chi connectivity index (χ3v) is 4.48. The van der Waals surface area contributed by atoms with Gasteiger partial charge < -0.3 is 15.3 Å². The molecule has 1 atom stereocenters. The van der Waals surface area contributed by atoms with E-state index in [1.165, 1.54) is 17.7 Å². The maximum Gasteiger partial charge on any atom is 0.123 e. The Labute approximate surface area is 133 Å². The van der Waals surface area contributed by atoms with Crippen LogP contribution in [0.3, 0.4) is 0 Å². The van der Waals surface area contributed by atoms with E-state index in [0.29, 0.717) is 6.04 Å². The Kier molecular flexibility index (Phi) is 7.30. The van der Waals surface area contributed by atoms with Crippen molar-refractivity contribution in [2.24, 2.45) is 0 Å². The van der Waals surface area contributed by atoms with Crippen LogP contribution in [0.1, 0.15) is 38.2 Å². The van der Waals surface area contributed by atoms with Crippen LogP contribution >= 0.6 is 0 Å². The molecule has 124 valence electrons. The smallest absolute Gasteiger partial charge is 0.123 e. The number of benzene rings is 1. The number of hydrogen-bond donors (Lipinski definition) is 2. The first-order valence-electron chi connectivity index (χ1n) is 8.52. The molecule has 0 bridgehead atoms. The van der Waals surface area contributed by atoms with Gasteiger partial charge in [-0.25, -0.2) is 4.39 Å². The molecule has 1 unspecified atom stereocenters. The summed E-state index contributed by atoms with van der Waals surface area (Å²) in [6.45, 7) is 6.41. The maximum atomic E-state index is 12.8. The van der Waals surface area contributed by atoms with Crippen molar-refractivity contribution in [1.29, 1.82) is 0 Å². The lowest BCUT2D eigenvalue weighted by molar-refractivity contribution is 0.0820. The molecule has 3 nitrogen and oxygen atoms in total. The van der Waals surface area contributed by atoms with Gasteiger partial charge in [-0.1, -0.05) is 12.1 Å². The number of likely N-dealkylation sites (tertiary alicyclic amines) is 1. The minimum absolute atomic E-state index is 0.0825. The van der Waals surface area contributed by atoms with Crippen molar-refractivity contribution in [3.05, 3.63) is 35.6 Å². The van der Waals surface area contributed by atoms with Gasteiger partial charge >= 0.3 is 0 Å². The second-order valence-electron chi connectivity index (χ2n) is 6.45. The Morgan fingerprint density at radius 2 is 1.95 bits per heavy atom. The lowest BCUT2D eigenvalue weighted by Gasteiger charge is -2.29. The number of aryl methyl sites for hydroxylation is 1. The molecule has 1 aromatic rings. The lowest BCUT2D eigenvalue weighted by Crippen LogP contribution is -2.38. The first kappa shape index (κ1) is 17.4. The molecule has 0 spiro atoms. The fourth-order valence-corrected chi connectivity index (χ4v) is 2.93. The van der Waals surface area contributed by atoms with Gasteiger partial charge in [0.2, 0.25) is 0 Å². The molecule has 1 aromatic carbocycles. The van der Waals surface area contributed by atoms with Gasteiger partial charge in [-0.3, -0.25) is 0 Å². The standard InChI is InChI=1S/C18H29FN2O/c1-15(3-4-16-5-7-17(19)8-6-16)20-11-2-12-21-13-9-18(22)10-14-21/h5-8,15,18,20,22H,2-4,9-14H2,1H3. The highest BCUT2D eigenvalue weighted by atomic mass is 19.1. The summed E-state index contributed by atoms with van der Waals surface area (Å²) in [5.74, 6) is -0.167. The molecule has 0 aliphatic carbocycles. The van der Waals surface area contributed by atoms with Crippen LogP contribution in [-0.4, -0.2) is 48.3 Å². The van der Waals surface area contributed by atoms with E-state index in [1.807, 2.05) is 12.1 Å². The number of aliphatic hydroxyl groups is 1. The van der Waals surface area contributed by atoms with Gasteiger partial charge in [0.25, 0.3) is 0 Å². The number of halogens is 1. The summed E-state index contributed by atoms with van der Waals surface area (Å²) in [6, 6.07) is 7.28. The van der Waals surface area contributed by atoms with Crippen molar-refractivity contribution in [2.75, 3.05) is 26.2 Å². The molecule has 22 heavy (non-hydrogen) atoms. The summed E-state index contributed by atoms with van der Waals surface area (Å²) in [7, 11) is 0. The Hall–Kier alpha value is -0.970. The molecule has 0 amide bonds. The fraction of sp³-hybridized carbons (Fsp3) is 0.667. The fourth-order valence-electron chi connectivity index (χ4n) is 2.93. The van der Waals surface area contributed by atoms with Crippen LogP contribution in [0.15, 0.2) is 24.3 Å². The van der Waals surface area contributed by atoms with Crippen LogP contribution in [0.5, 0.6) is 0 Å². The van der Waals surface area contributed by atoms with E-state index < -0.39 is 0 Å². The van der Waals surface area contributed by atoms with Gasteiger partial charge in [-0.2, -0.15) is 0 Å². The molecule has 4 heteroatoms. The maximum absolute atomic E-state index is 12.8. The van der Waals surface area contributed by atoms with E-state index in [4.69, 9.17) is 0 Å². The van der Waals surface area contributed by atoms with Crippen LogP contribution in [0, 0.1) is 5.82 Å². The van der Waals surface area contributed by atoms with Gasteiger partial charge in [-0.15, -0.1) is 0 Å². The quantitative estimate of drug-likeness (QED) is 0.725. The molecule has 0 radical (unpaired) electrons. The van der Waals surface area contributed by atoms with E-state index in [0.717, 1.165) is 58.3 Å². The summed E-state index contributed by atoms with van der Waals surface area (Å²) in [4.78, 5) is 2.44. The largest absolute Gasteiger partial charge is 0.393 e. The zero-order valence-electron chi connectivity index (χ0n) is 13.6. The lowest BCUT2D eigenvalue weighted by atomic mass is 10.1. The van der Waals surface area contributed by atoms with Crippen molar-refractivity contribution in [3.63, 3.8) is 0 Å². The monoisotopic (exact) mass is 308 g/mol. The van der Waals surface area contributed by atoms with E-state index in [9.17, 15) is 9.50 Å². The molecule has 0 aromatic heterocycles. The molecule has 2 N–H and O–H groups in total. The molecule has 0 saturated carbocycles. The van der Waals surface area contributed by atoms with Crippen molar-refractivity contribution >= 4 is 0 Å². The Morgan fingerprint density at radius 1 is 1.27 bits per heavy atom. The molecule has 2 rings (SSSR count). The molecular formula is C18H29FN2O. The van der Waals surface area contributed by atoms with E-state index in [-0.39, 0.29) is 11.9 Å². The van der Waals surface area contributed by atoms with Crippen LogP contribution in [0.2, 0.25) is 0 Å². The summed E-state index contributed by atoms with van der Waals surface area (Å²) in [5.41, 5.74) is 1.20. The highest BCUT2D eigenvalue weighted by molar-refractivity contribution is 5.16. The average Bonchev–Trinajstić information content (AvgIpc) is 2.53. The first-order valence-corrected chi connectivity index (χ1v) is 8.52. The van der Waals surface area contributed by atoms with E-state index in [2.05, 4.69) is 17.1 Å². The van der Waals surface area contributed by atoms with Crippen molar-refractivity contribution < 1.29 is 9.50 Å². The molecule has 1 fully saturated rings. The zero-order valence-corrected chi connectivity index (χ0v) is 13.6. The van der Waals surface area contributed by atoms with Gasteiger partial charge in [0, 0.05) is 19.1 Å². The van der Waals surface area contributed by atoms with Gasteiger partial charge in [0.15, 0.2) is 0 Å². The molecule has 1 heterocycles. The normalized spacial score (nSPS) is 18.5. The highest BCUT2D eigenvalue weighted by Gasteiger charge is 2.16. The van der Waals surface area contributed by atoms with Crippen LogP contribution < -0.4 is 5.32 Å². The number of nitrogens with zero attached hydrogens (tertiary/aromatic N) is 1. The van der Waals surface area contributed by atoms with Gasteiger partial charge in [0.05, 0.1) is 6.10 Å². The van der Waals surface area contributed by atoms with E-state index >= 15 is 0 Å².